The predicted octanol–water partition coefficient (Wildman–Crippen LogP) is 1.53. The first-order valence-electron chi connectivity index (χ1n) is 8.84. The summed E-state index contributed by atoms with van der Waals surface area (Å²) in [5.41, 5.74) is 2.58. The van der Waals surface area contributed by atoms with Gasteiger partial charge in [-0.05, 0) is 24.5 Å². The van der Waals surface area contributed by atoms with Crippen LogP contribution >= 0.6 is 0 Å². The summed E-state index contributed by atoms with van der Waals surface area (Å²) in [5, 5.41) is 4.35. The summed E-state index contributed by atoms with van der Waals surface area (Å²) >= 11 is 0. The first-order valence-corrected chi connectivity index (χ1v) is 8.84. The van der Waals surface area contributed by atoms with Crippen LogP contribution < -0.4 is 0 Å². The molecule has 0 amide bonds. The molecule has 0 saturated carbocycles. The molecule has 2 saturated heterocycles. The molecule has 6 nitrogen and oxygen atoms in total. The van der Waals surface area contributed by atoms with Gasteiger partial charge in [-0.3, -0.25) is 14.5 Å². The quantitative estimate of drug-likeness (QED) is 0.832. The van der Waals surface area contributed by atoms with E-state index in [-0.39, 0.29) is 0 Å². The highest BCUT2D eigenvalue weighted by Crippen LogP contribution is 2.28. The van der Waals surface area contributed by atoms with Crippen LogP contribution in [0.25, 0.3) is 0 Å². The van der Waals surface area contributed by atoms with E-state index in [0.717, 1.165) is 45.8 Å². The van der Waals surface area contributed by atoms with E-state index in [4.69, 9.17) is 9.15 Å². The number of hydrogen-bond acceptors (Lipinski definition) is 5. The van der Waals surface area contributed by atoms with Crippen molar-refractivity contribution in [3.05, 3.63) is 42.1 Å². The first kappa shape index (κ1) is 15.9. The topological polar surface area (TPSA) is 46.7 Å². The van der Waals surface area contributed by atoms with Crippen LogP contribution in [0.1, 0.15) is 17.5 Å². The average Bonchev–Trinajstić information content (AvgIpc) is 3.33. The molecule has 0 aliphatic carbocycles. The number of rotatable bonds is 5. The zero-order valence-corrected chi connectivity index (χ0v) is 14.3. The number of furan rings is 1. The van der Waals surface area contributed by atoms with Gasteiger partial charge in [0.2, 0.25) is 0 Å². The van der Waals surface area contributed by atoms with Crippen LogP contribution in [-0.4, -0.2) is 64.5 Å². The highest BCUT2D eigenvalue weighted by Gasteiger charge is 2.38. The maximum Gasteiger partial charge on any atom is 0.0947 e. The van der Waals surface area contributed by atoms with Gasteiger partial charge < -0.3 is 9.15 Å². The third-order valence-corrected chi connectivity index (χ3v) is 5.31. The molecule has 4 heterocycles. The van der Waals surface area contributed by atoms with Crippen molar-refractivity contribution in [2.45, 2.75) is 31.5 Å². The molecule has 0 radical (unpaired) electrons. The Morgan fingerprint density at radius 1 is 1.21 bits per heavy atom. The number of hydrogen-bond donors (Lipinski definition) is 0. The van der Waals surface area contributed by atoms with E-state index in [1.807, 2.05) is 24.2 Å². The van der Waals surface area contributed by atoms with Gasteiger partial charge >= 0.3 is 0 Å². The molecule has 0 bridgehead atoms. The van der Waals surface area contributed by atoms with E-state index in [9.17, 15) is 0 Å². The van der Waals surface area contributed by atoms with Crippen molar-refractivity contribution < 1.29 is 9.15 Å². The summed E-state index contributed by atoms with van der Waals surface area (Å²) in [6.07, 6.45) is 10.1. The molecule has 2 fully saturated rings. The molecule has 6 heteroatoms. The Labute approximate surface area is 143 Å². The normalized spacial score (nSPS) is 26.2. The zero-order chi connectivity index (χ0) is 16.4. The van der Waals surface area contributed by atoms with Crippen LogP contribution in [-0.2, 0) is 24.8 Å². The van der Waals surface area contributed by atoms with Gasteiger partial charge in [0.1, 0.15) is 0 Å². The van der Waals surface area contributed by atoms with Crippen LogP contribution in [0.4, 0.5) is 0 Å². The summed E-state index contributed by atoms with van der Waals surface area (Å²) in [6, 6.07) is 3.19. The van der Waals surface area contributed by atoms with Crippen LogP contribution in [0, 0.1) is 0 Å². The van der Waals surface area contributed by atoms with E-state index in [1.165, 1.54) is 17.5 Å². The molecule has 0 unspecified atom stereocenters. The summed E-state index contributed by atoms with van der Waals surface area (Å²) in [6.45, 7) is 5.91. The van der Waals surface area contributed by atoms with Crippen molar-refractivity contribution in [2.24, 2.45) is 7.05 Å². The van der Waals surface area contributed by atoms with Crippen LogP contribution in [0.2, 0.25) is 0 Å². The van der Waals surface area contributed by atoms with E-state index in [0.29, 0.717) is 12.1 Å². The zero-order valence-electron chi connectivity index (χ0n) is 14.3. The van der Waals surface area contributed by atoms with Gasteiger partial charge in [0.05, 0.1) is 31.9 Å². The minimum Gasteiger partial charge on any atom is -0.472 e. The minimum absolute atomic E-state index is 0.516. The molecule has 2 aromatic rings. The van der Waals surface area contributed by atoms with Gasteiger partial charge in [0, 0.05) is 57.1 Å². The highest BCUT2D eigenvalue weighted by atomic mass is 16.5. The largest absolute Gasteiger partial charge is 0.472 e. The summed E-state index contributed by atoms with van der Waals surface area (Å²) in [4.78, 5) is 5.23. The van der Waals surface area contributed by atoms with Gasteiger partial charge in [-0.1, -0.05) is 0 Å². The Kier molecular flexibility index (Phi) is 4.69. The lowest BCUT2D eigenvalue weighted by atomic mass is 10.00. The Hall–Kier alpha value is -1.63. The van der Waals surface area contributed by atoms with Crippen molar-refractivity contribution in [1.29, 1.82) is 0 Å². The van der Waals surface area contributed by atoms with Gasteiger partial charge in [-0.25, -0.2) is 0 Å². The maximum atomic E-state index is 5.55. The fourth-order valence-corrected chi connectivity index (χ4v) is 4.13. The SMILES string of the molecule is Cn1cc(C[C@@H]2[C@@H](N3CCOCC3)CCN2Cc2ccoc2)cn1. The number of aromatic nitrogens is 2. The van der Waals surface area contributed by atoms with E-state index < -0.39 is 0 Å². The monoisotopic (exact) mass is 330 g/mol. The Bertz CT molecular complexity index is 633. The molecule has 2 aromatic heterocycles. The summed E-state index contributed by atoms with van der Waals surface area (Å²) < 4.78 is 12.7. The molecule has 4 rings (SSSR count). The number of ether oxygens (including phenoxy) is 1. The lowest BCUT2D eigenvalue weighted by Crippen LogP contribution is -2.50. The van der Waals surface area contributed by atoms with Crippen LogP contribution in [0.15, 0.2) is 35.4 Å². The number of nitrogens with zero attached hydrogens (tertiary/aromatic N) is 4. The van der Waals surface area contributed by atoms with Crippen molar-refractivity contribution in [2.75, 3.05) is 32.8 Å². The maximum absolute atomic E-state index is 5.55. The third-order valence-electron chi connectivity index (χ3n) is 5.31. The van der Waals surface area contributed by atoms with Crippen LogP contribution in [0.5, 0.6) is 0 Å². The molecular formula is C18H26N4O2. The Morgan fingerprint density at radius 3 is 2.79 bits per heavy atom. The van der Waals surface area contributed by atoms with E-state index >= 15 is 0 Å². The molecule has 2 atom stereocenters. The number of likely N-dealkylation sites (tertiary alicyclic amines) is 1. The number of aryl methyl sites for hydroxylation is 1. The predicted molar refractivity (Wildman–Crippen MR) is 90.6 cm³/mol. The molecule has 0 aromatic carbocycles. The van der Waals surface area contributed by atoms with Crippen LogP contribution in [0.3, 0.4) is 0 Å². The first-order chi connectivity index (χ1) is 11.8. The molecular weight excluding hydrogens is 304 g/mol. The van der Waals surface area contributed by atoms with Crippen molar-refractivity contribution >= 4 is 0 Å². The minimum atomic E-state index is 0.516. The fraction of sp³-hybridized carbons (Fsp3) is 0.611. The average molecular weight is 330 g/mol. The molecule has 130 valence electrons. The third kappa shape index (κ3) is 3.41. The fourth-order valence-electron chi connectivity index (χ4n) is 4.13. The highest BCUT2D eigenvalue weighted by molar-refractivity contribution is 5.12. The molecule has 2 aliphatic heterocycles. The van der Waals surface area contributed by atoms with E-state index in [2.05, 4.69) is 27.2 Å². The standard InChI is InChI=1S/C18H26N4O2/c1-20-12-16(11-19-20)10-18-17(21-5-8-23-9-6-21)2-4-22(18)13-15-3-7-24-14-15/h3,7,11-12,14,17-18H,2,4-6,8-10,13H2,1H3/t17-,18+/m0/s1. The molecule has 0 spiro atoms. The molecule has 24 heavy (non-hydrogen) atoms. The second-order valence-electron chi connectivity index (χ2n) is 6.90. The lowest BCUT2D eigenvalue weighted by molar-refractivity contribution is 0.00788. The van der Waals surface area contributed by atoms with Gasteiger partial charge in [0.25, 0.3) is 0 Å². The van der Waals surface area contributed by atoms with Crippen molar-refractivity contribution in [3.8, 4) is 0 Å². The summed E-state index contributed by atoms with van der Waals surface area (Å²) in [5.74, 6) is 0. The van der Waals surface area contributed by atoms with E-state index in [1.54, 1.807) is 6.26 Å². The van der Waals surface area contributed by atoms with Crippen molar-refractivity contribution in [1.82, 2.24) is 19.6 Å². The second-order valence-corrected chi connectivity index (χ2v) is 6.90. The smallest absolute Gasteiger partial charge is 0.0947 e. The van der Waals surface area contributed by atoms with Crippen molar-refractivity contribution in [3.63, 3.8) is 0 Å². The summed E-state index contributed by atoms with van der Waals surface area (Å²) in [7, 11) is 1.99. The number of morpholine rings is 1. The van der Waals surface area contributed by atoms with Gasteiger partial charge in [-0.2, -0.15) is 5.10 Å². The Morgan fingerprint density at radius 2 is 2.08 bits per heavy atom. The molecule has 0 N–H and O–H groups in total. The second kappa shape index (κ2) is 7.09. The molecule has 2 aliphatic rings. The van der Waals surface area contributed by atoms with Gasteiger partial charge in [-0.15, -0.1) is 0 Å². The Balaban J connectivity index is 1.52. The lowest BCUT2D eigenvalue weighted by Gasteiger charge is -2.37. The van der Waals surface area contributed by atoms with Gasteiger partial charge in [0.15, 0.2) is 0 Å².